The van der Waals surface area contributed by atoms with Gasteiger partial charge in [0.1, 0.15) is 6.04 Å². The number of nitrogens with one attached hydrogen (secondary N) is 1. The van der Waals surface area contributed by atoms with Crippen LogP contribution in [-0.4, -0.2) is 34.1 Å². The molecule has 0 aliphatic carbocycles. The number of hydrogen-bond donors (Lipinski definition) is 3. The number of hydrogen-bond acceptors (Lipinski definition) is 4. The van der Waals surface area contributed by atoms with Gasteiger partial charge in [-0.2, -0.15) is 0 Å². The Morgan fingerprint density at radius 2 is 1.90 bits per heavy atom. The molecule has 20 heavy (non-hydrogen) atoms. The van der Waals surface area contributed by atoms with Crippen molar-refractivity contribution < 1.29 is 24.6 Å². The molecule has 3 N–H and O–H groups in total. The van der Waals surface area contributed by atoms with Gasteiger partial charge in [0.2, 0.25) is 0 Å². The second-order valence-electron chi connectivity index (χ2n) is 4.11. The SMILES string of the molecule is O=C(O)C[C@H](NC(=O)c1csc2ccccc12)C(=O)O. The lowest BCUT2D eigenvalue weighted by molar-refractivity contribution is -0.145. The second kappa shape index (κ2) is 5.70. The molecule has 7 heteroatoms. The van der Waals surface area contributed by atoms with E-state index in [-0.39, 0.29) is 0 Å². The van der Waals surface area contributed by atoms with Gasteiger partial charge in [-0.25, -0.2) is 4.79 Å². The van der Waals surface area contributed by atoms with Crippen LogP contribution in [0.3, 0.4) is 0 Å². The highest BCUT2D eigenvalue weighted by Gasteiger charge is 2.24. The molecular weight excluding hydrogens is 282 g/mol. The Kier molecular flexibility index (Phi) is 3.99. The van der Waals surface area contributed by atoms with Crippen LogP contribution in [0.15, 0.2) is 29.6 Å². The van der Waals surface area contributed by atoms with Gasteiger partial charge >= 0.3 is 11.9 Å². The van der Waals surface area contributed by atoms with E-state index in [2.05, 4.69) is 5.32 Å². The predicted octanol–water partition coefficient (Wildman–Crippen LogP) is 1.56. The number of rotatable bonds is 5. The molecule has 1 heterocycles. The van der Waals surface area contributed by atoms with Crippen LogP contribution in [0.4, 0.5) is 0 Å². The van der Waals surface area contributed by atoms with Gasteiger partial charge in [0, 0.05) is 15.5 Å². The summed E-state index contributed by atoms with van der Waals surface area (Å²) in [5, 5.41) is 22.1. The lowest BCUT2D eigenvalue weighted by atomic mass is 10.1. The summed E-state index contributed by atoms with van der Waals surface area (Å²) in [6.45, 7) is 0. The Bertz CT molecular complexity index is 678. The molecule has 0 fully saturated rings. The van der Waals surface area contributed by atoms with E-state index in [0.29, 0.717) is 5.56 Å². The van der Waals surface area contributed by atoms with Crippen LogP contribution >= 0.6 is 11.3 Å². The third kappa shape index (κ3) is 2.94. The van der Waals surface area contributed by atoms with Gasteiger partial charge in [-0.15, -0.1) is 11.3 Å². The van der Waals surface area contributed by atoms with Crippen LogP contribution in [0, 0.1) is 0 Å². The fourth-order valence-corrected chi connectivity index (χ4v) is 2.71. The fourth-order valence-electron chi connectivity index (χ4n) is 1.76. The average molecular weight is 293 g/mol. The largest absolute Gasteiger partial charge is 0.481 e. The van der Waals surface area contributed by atoms with Gasteiger partial charge in [-0.1, -0.05) is 18.2 Å². The van der Waals surface area contributed by atoms with Crippen molar-refractivity contribution in [1.29, 1.82) is 0 Å². The Hall–Kier alpha value is -2.41. The van der Waals surface area contributed by atoms with Crippen molar-refractivity contribution in [3.63, 3.8) is 0 Å². The van der Waals surface area contributed by atoms with Crippen LogP contribution in [0.5, 0.6) is 0 Å². The fraction of sp³-hybridized carbons (Fsp3) is 0.154. The molecule has 0 saturated carbocycles. The zero-order valence-corrected chi connectivity index (χ0v) is 11.0. The number of carbonyl (C=O) groups is 3. The molecule has 0 aliphatic rings. The molecule has 0 spiro atoms. The molecule has 1 atom stereocenters. The molecule has 1 aromatic heterocycles. The lowest BCUT2D eigenvalue weighted by Gasteiger charge is -2.11. The minimum Gasteiger partial charge on any atom is -0.481 e. The zero-order valence-electron chi connectivity index (χ0n) is 10.2. The molecule has 1 amide bonds. The van der Waals surface area contributed by atoms with Crippen LogP contribution in [0.25, 0.3) is 10.1 Å². The van der Waals surface area contributed by atoms with Crippen molar-refractivity contribution in [3.8, 4) is 0 Å². The van der Waals surface area contributed by atoms with Crippen molar-refractivity contribution in [2.75, 3.05) is 0 Å². The van der Waals surface area contributed by atoms with E-state index < -0.39 is 30.3 Å². The van der Waals surface area contributed by atoms with E-state index in [0.717, 1.165) is 10.1 Å². The van der Waals surface area contributed by atoms with Gasteiger partial charge in [-0.3, -0.25) is 9.59 Å². The average Bonchev–Trinajstić information content (AvgIpc) is 2.81. The Morgan fingerprint density at radius 3 is 2.55 bits per heavy atom. The van der Waals surface area contributed by atoms with E-state index in [1.807, 2.05) is 12.1 Å². The maximum absolute atomic E-state index is 12.1. The van der Waals surface area contributed by atoms with Crippen molar-refractivity contribution in [2.45, 2.75) is 12.5 Å². The summed E-state index contributed by atoms with van der Waals surface area (Å²) in [6, 6.07) is 5.78. The Labute approximate surface area is 117 Å². The zero-order chi connectivity index (χ0) is 14.7. The first-order valence-electron chi connectivity index (χ1n) is 5.70. The van der Waals surface area contributed by atoms with E-state index in [4.69, 9.17) is 10.2 Å². The van der Waals surface area contributed by atoms with Crippen molar-refractivity contribution in [3.05, 3.63) is 35.2 Å². The summed E-state index contributed by atoms with van der Waals surface area (Å²) in [5.74, 6) is -3.25. The number of carbonyl (C=O) groups excluding carboxylic acids is 1. The summed E-state index contributed by atoms with van der Waals surface area (Å²) in [4.78, 5) is 33.6. The number of fused-ring (bicyclic) bond motifs is 1. The molecule has 0 bridgehead atoms. The smallest absolute Gasteiger partial charge is 0.326 e. The highest BCUT2D eigenvalue weighted by atomic mass is 32.1. The third-order valence-electron chi connectivity index (χ3n) is 2.71. The first kappa shape index (κ1) is 14.0. The van der Waals surface area contributed by atoms with Gasteiger partial charge in [0.25, 0.3) is 5.91 Å². The molecule has 0 aliphatic heterocycles. The number of thiophene rings is 1. The van der Waals surface area contributed by atoms with Crippen LogP contribution in [-0.2, 0) is 9.59 Å². The van der Waals surface area contributed by atoms with Gasteiger partial charge in [0.15, 0.2) is 0 Å². The van der Waals surface area contributed by atoms with E-state index in [1.165, 1.54) is 11.3 Å². The number of carboxylic acid groups (broad SMARTS) is 2. The normalized spacial score (nSPS) is 12.0. The number of aliphatic carboxylic acids is 2. The molecule has 1 aromatic carbocycles. The standard InChI is InChI=1S/C13H11NO5S/c15-11(16)5-9(13(18)19)14-12(17)8-6-20-10-4-2-1-3-7(8)10/h1-4,6,9H,5H2,(H,14,17)(H,15,16)(H,18,19)/t9-/m0/s1. The van der Waals surface area contributed by atoms with Crippen molar-refractivity contribution in [1.82, 2.24) is 5.32 Å². The summed E-state index contributed by atoms with van der Waals surface area (Å²) in [5.41, 5.74) is 0.349. The minimum atomic E-state index is -1.45. The van der Waals surface area contributed by atoms with Crippen LogP contribution in [0.2, 0.25) is 0 Å². The summed E-state index contributed by atoms with van der Waals surface area (Å²) < 4.78 is 0.905. The summed E-state index contributed by atoms with van der Waals surface area (Å²) >= 11 is 1.37. The number of benzene rings is 1. The van der Waals surface area contributed by atoms with Gasteiger partial charge < -0.3 is 15.5 Å². The second-order valence-corrected chi connectivity index (χ2v) is 5.02. The van der Waals surface area contributed by atoms with Crippen molar-refractivity contribution >= 4 is 39.3 Å². The first-order valence-corrected chi connectivity index (χ1v) is 6.58. The van der Waals surface area contributed by atoms with Gasteiger partial charge in [0.05, 0.1) is 12.0 Å². The molecule has 104 valence electrons. The highest BCUT2D eigenvalue weighted by Crippen LogP contribution is 2.25. The highest BCUT2D eigenvalue weighted by molar-refractivity contribution is 7.17. The summed E-state index contributed by atoms with van der Waals surface area (Å²) in [7, 11) is 0. The van der Waals surface area contributed by atoms with Crippen LogP contribution in [0.1, 0.15) is 16.8 Å². The first-order chi connectivity index (χ1) is 9.49. The lowest BCUT2D eigenvalue weighted by Crippen LogP contribution is -2.42. The topological polar surface area (TPSA) is 104 Å². The number of carboxylic acids is 2. The molecule has 0 saturated heterocycles. The maximum Gasteiger partial charge on any atom is 0.326 e. The van der Waals surface area contributed by atoms with E-state index in [1.54, 1.807) is 17.5 Å². The Balaban J connectivity index is 2.22. The maximum atomic E-state index is 12.1. The molecule has 2 rings (SSSR count). The van der Waals surface area contributed by atoms with E-state index >= 15 is 0 Å². The monoisotopic (exact) mass is 293 g/mol. The minimum absolute atomic E-state index is 0.349. The number of amides is 1. The quantitative estimate of drug-likeness (QED) is 0.776. The van der Waals surface area contributed by atoms with E-state index in [9.17, 15) is 14.4 Å². The van der Waals surface area contributed by atoms with Gasteiger partial charge in [-0.05, 0) is 6.07 Å². The molecule has 2 aromatic rings. The Morgan fingerprint density at radius 1 is 1.20 bits per heavy atom. The molecular formula is C13H11NO5S. The predicted molar refractivity (Wildman–Crippen MR) is 73.0 cm³/mol. The summed E-state index contributed by atoms with van der Waals surface area (Å²) in [6.07, 6.45) is -0.664. The van der Waals surface area contributed by atoms with Crippen molar-refractivity contribution in [2.24, 2.45) is 0 Å². The molecule has 0 unspecified atom stereocenters. The third-order valence-corrected chi connectivity index (χ3v) is 3.67. The molecule has 0 radical (unpaired) electrons. The molecule has 6 nitrogen and oxygen atoms in total. The van der Waals surface area contributed by atoms with Crippen LogP contribution < -0.4 is 5.32 Å².